The van der Waals surface area contributed by atoms with Gasteiger partial charge in [-0.25, -0.2) is 4.98 Å². The highest BCUT2D eigenvalue weighted by molar-refractivity contribution is 5.86. The summed E-state index contributed by atoms with van der Waals surface area (Å²) in [5, 5.41) is 0. The first-order valence-electron chi connectivity index (χ1n) is 6.42. The number of nitrogens with one attached hydrogen (secondary N) is 1. The number of aromatic nitrogens is 2. The lowest BCUT2D eigenvalue weighted by atomic mass is 10.2. The molecule has 3 aromatic rings. The number of nitrogens with zero attached hydrogens (tertiary/aromatic N) is 1. The number of carbonyl (C=O) groups is 1. The maximum absolute atomic E-state index is 10.8. The molecule has 5 heteroatoms. The highest BCUT2D eigenvalue weighted by atomic mass is 16.5. The van der Waals surface area contributed by atoms with Crippen molar-refractivity contribution in [3.05, 3.63) is 42.0 Å². The lowest BCUT2D eigenvalue weighted by Crippen LogP contribution is -1.89. The predicted molar refractivity (Wildman–Crippen MR) is 80.0 cm³/mol. The van der Waals surface area contributed by atoms with Crippen LogP contribution >= 0.6 is 0 Å². The van der Waals surface area contributed by atoms with Crippen LogP contribution in [0.2, 0.25) is 0 Å². The summed E-state index contributed by atoms with van der Waals surface area (Å²) in [6.45, 7) is 0. The molecule has 0 saturated heterocycles. The van der Waals surface area contributed by atoms with Gasteiger partial charge in [0, 0.05) is 17.2 Å². The van der Waals surface area contributed by atoms with E-state index in [0.29, 0.717) is 22.9 Å². The third-order valence-corrected chi connectivity index (χ3v) is 3.27. The van der Waals surface area contributed by atoms with E-state index in [2.05, 4.69) is 9.97 Å². The van der Waals surface area contributed by atoms with Crippen molar-refractivity contribution in [2.45, 2.75) is 0 Å². The monoisotopic (exact) mass is 282 g/mol. The molecular weight excluding hydrogens is 268 g/mol. The van der Waals surface area contributed by atoms with Gasteiger partial charge < -0.3 is 14.5 Å². The Bertz CT molecular complexity index is 786. The van der Waals surface area contributed by atoms with E-state index in [-0.39, 0.29) is 0 Å². The SMILES string of the molecule is COc1cc(OC)cc(-c2nc3ccc(C=O)cc3[nH]2)c1. The van der Waals surface area contributed by atoms with Crippen LogP contribution in [-0.2, 0) is 0 Å². The minimum absolute atomic E-state index is 0.612. The zero-order valence-electron chi connectivity index (χ0n) is 11.7. The maximum Gasteiger partial charge on any atom is 0.150 e. The molecule has 0 spiro atoms. The molecule has 0 aliphatic carbocycles. The number of fused-ring (bicyclic) bond motifs is 1. The summed E-state index contributed by atoms with van der Waals surface area (Å²) in [6, 6.07) is 10.9. The van der Waals surface area contributed by atoms with Gasteiger partial charge in [-0.15, -0.1) is 0 Å². The van der Waals surface area contributed by atoms with Gasteiger partial charge in [0.15, 0.2) is 0 Å². The van der Waals surface area contributed by atoms with Crippen LogP contribution in [0.5, 0.6) is 11.5 Å². The van der Waals surface area contributed by atoms with Crippen LogP contribution in [0.15, 0.2) is 36.4 Å². The predicted octanol–water partition coefficient (Wildman–Crippen LogP) is 3.06. The molecule has 2 aromatic carbocycles. The second-order valence-corrected chi connectivity index (χ2v) is 4.58. The van der Waals surface area contributed by atoms with Crippen LogP contribution in [0.1, 0.15) is 10.4 Å². The minimum atomic E-state index is 0.612. The van der Waals surface area contributed by atoms with E-state index in [1.54, 1.807) is 32.4 Å². The molecule has 0 aliphatic rings. The van der Waals surface area contributed by atoms with E-state index in [1.807, 2.05) is 18.2 Å². The zero-order chi connectivity index (χ0) is 14.8. The van der Waals surface area contributed by atoms with E-state index in [0.717, 1.165) is 22.9 Å². The third kappa shape index (κ3) is 2.45. The molecule has 0 unspecified atom stereocenters. The molecule has 1 N–H and O–H groups in total. The van der Waals surface area contributed by atoms with Gasteiger partial charge in [-0.1, -0.05) is 0 Å². The summed E-state index contributed by atoms with van der Waals surface area (Å²) in [7, 11) is 3.21. The number of carbonyl (C=O) groups excluding carboxylic acids is 1. The molecule has 21 heavy (non-hydrogen) atoms. The molecule has 0 bridgehead atoms. The molecule has 1 heterocycles. The molecular formula is C16H14N2O3. The molecule has 0 fully saturated rings. The lowest BCUT2D eigenvalue weighted by molar-refractivity contribution is 0.112. The number of rotatable bonds is 4. The van der Waals surface area contributed by atoms with Gasteiger partial charge in [0.1, 0.15) is 23.6 Å². The third-order valence-electron chi connectivity index (χ3n) is 3.27. The Labute approximate surface area is 121 Å². The Balaban J connectivity index is 2.13. The van der Waals surface area contributed by atoms with Gasteiger partial charge in [0.2, 0.25) is 0 Å². The van der Waals surface area contributed by atoms with Crippen LogP contribution in [0.4, 0.5) is 0 Å². The van der Waals surface area contributed by atoms with Gasteiger partial charge >= 0.3 is 0 Å². The molecule has 3 rings (SSSR count). The quantitative estimate of drug-likeness (QED) is 0.747. The Morgan fingerprint density at radius 1 is 1.05 bits per heavy atom. The lowest BCUT2D eigenvalue weighted by Gasteiger charge is -2.06. The van der Waals surface area contributed by atoms with Crippen LogP contribution in [-0.4, -0.2) is 30.5 Å². The average molecular weight is 282 g/mol. The molecule has 0 radical (unpaired) electrons. The maximum atomic E-state index is 10.8. The van der Waals surface area contributed by atoms with Crippen molar-refractivity contribution in [1.82, 2.24) is 9.97 Å². The van der Waals surface area contributed by atoms with Crippen LogP contribution < -0.4 is 9.47 Å². The normalized spacial score (nSPS) is 10.6. The van der Waals surface area contributed by atoms with Crippen molar-refractivity contribution in [3.8, 4) is 22.9 Å². The second kappa shape index (κ2) is 5.28. The Morgan fingerprint density at radius 3 is 2.38 bits per heavy atom. The largest absolute Gasteiger partial charge is 0.497 e. The summed E-state index contributed by atoms with van der Waals surface area (Å²) in [6.07, 6.45) is 0.814. The number of aldehydes is 1. The molecule has 0 amide bonds. The summed E-state index contributed by atoms with van der Waals surface area (Å²) in [4.78, 5) is 18.6. The fourth-order valence-corrected chi connectivity index (χ4v) is 2.18. The smallest absolute Gasteiger partial charge is 0.150 e. The fraction of sp³-hybridized carbons (Fsp3) is 0.125. The summed E-state index contributed by atoms with van der Waals surface area (Å²) < 4.78 is 10.5. The topological polar surface area (TPSA) is 64.2 Å². The van der Waals surface area contributed by atoms with Gasteiger partial charge in [-0.2, -0.15) is 0 Å². The first-order valence-corrected chi connectivity index (χ1v) is 6.42. The van der Waals surface area contributed by atoms with Gasteiger partial charge in [0.05, 0.1) is 25.3 Å². The zero-order valence-corrected chi connectivity index (χ0v) is 11.7. The molecule has 0 saturated carbocycles. The van der Waals surface area contributed by atoms with Crippen LogP contribution in [0.3, 0.4) is 0 Å². The Kier molecular flexibility index (Phi) is 3.31. The molecule has 5 nitrogen and oxygen atoms in total. The highest BCUT2D eigenvalue weighted by Crippen LogP contribution is 2.29. The van der Waals surface area contributed by atoms with Crippen molar-refractivity contribution >= 4 is 17.3 Å². The number of hydrogen-bond acceptors (Lipinski definition) is 4. The molecule has 0 atom stereocenters. The fourth-order valence-electron chi connectivity index (χ4n) is 2.18. The Hall–Kier alpha value is -2.82. The number of benzene rings is 2. The van der Waals surface area contributed by atoms with Crippen molar-refractivity contribution < 1.29 is 14.3 Å². The number of imidazole rings is 1. The number of H-pyrrole nitrogens is 1. The standard InChI is InChI=1S/C16H14N2O3/c1-20-12-6-11(7-13(8-12)21-2)16-17-14-4-3-10(9-19)5-15(14)18-16/h3-9H,1-2H3,(H,17,18). The van der Waals surface area contributed by atoms with E-state index in [4.69, 9.17) is 9.47 Å². The highest BCUT2D eigenvalue weighted by Gasteiger charge is 2.09. The number of hydrogen-bond donors (Lipinski definition) is 1. The Morgan fingerprint density at radius 2 is 1.76 bits per heavy atom. The number of ether oxygens (including phenoxy) is 2. The van der Waals surface area contributed by atoms with Crippen LogP contribution in [0, 0.1) is 0 Å². The average Bonchev–Trinajstić information content (AvgIpc) is 2.97. The summed E-state index contributed by atoms with van der Waals surface area (Å²) >= 11 is 0. The van der Waals surface area contributed by atoms with Crippen molar-refractivity contribution in [1.29, 1.82) is 0 Å². The van der Waals surface area contributed by atoms with Gasteiger partial charge in [0.25, 0.3) is 0 Å². The number of aromatic amines is 1. The first-order chi connectivity index (χ1) is 10.2. The first kappa shape index (κ1) is 13.2. The van der Waals surface area contributed by atoms with Crippen molar-refractivity contribution in [3.63, 3.8) is 0 Å². The summed E-state index contributed by atoms with van der Waals surface area (Å²) in [5.41, 5.74) is 3.09. The molecule has 0 aliphatic heterocycles. The van der Waals surface area contributed by atoms with E-state index in [1.165, 1.54) is 0 Å². The minimum Gasteiger partial charge on any atom is -0.497 e. The van der Waals surface area contributed by atoms with E-state index >= 15 is 0 Å². The van der Waals surface area contributed by atoms with Crippen LogP contribution in [0.25, 0.3) is 22.4 Å². The molecule has 1 aromatic heterocycles. The van der Waals surface area contributed by atoms with Gasteiger partial charge in [-0.05, 0) is 30.3 Å². The van der Waals surface area contributed by atoms with E-state index in [9.17, 15) is 4.79 Å². The van der Waals surface area contributed by atoms with Gasteiger partial charge in [-0.3, -0.25) is 4.79 Å². The summed E-state index contributed by atoms with van der Waals surface area (Å²) in [5.74, 6) is 2.09. The molecule has 106 valence electrons. The van der Waals surface area contributed by atoms with Crippen molar-refractivity contribution in [2.75, 3.05) is 14.2 Å². The van der Waals surface area contributed by atoms with Crippen molar-refractivity contribution in [2.24, 2.45) is 0 Å². The van der Waals surface area contributed by atoms with E-state index < -0.39 is 0 Å². The second-order valence-electron chi connectivity index (χ2n) is 4.58. The number of methoxy groups -OCH3 is 2.